The third-order valence-corrected chi connectivity index (χ3v) is 3.35. The van der Waals surface area contributed by atoms with E-state index in [2.05, 4.69) is 0 Å². The quantitative estimate of drug-likeness (QED) is 0.654. The molecule has 0 spiro atoms. The molecular weight excluding hydrogens is 256 g/mol. The number of thiophene rings is 1. The summed E-state index contributed by atoms with van der Waals surface area (Å²) in [6.45, 7) is 0. The molecule has 0 fully saturated rings. The average Bonchev–Trinajstić information content (AvgIpc) is 2.71. The van der Waals surface area contributed by atoms with E-state index in [1.54, 1.807) is 12.1 Å². The molecule has 3 N–H and O–H groups in total. The van der Waals surface area contributed by atoms with Gasteiger partial charge >= 0.3 is 5.97 Å². The zero-order valence-corrected chi connectivity index (χ0v) is 9.81. The van der Waals surface area contributed by atoms with Crippen molar-refractivity contribution in [3.05, 3.63) is 46.0 Å². The fourth-order valence-electron chi connectivity index (χ4n) is 1.49. The minimum Gasteiger partial charge on any atom is -0.478 e. The Bertz CT molecular complexity index is 636. The van der Waals surface area contributed by atoms with E-state index in [1.807, 2.05) is 0 Å². The normalized spacial score (nSPS) is 10.2. The summed E-state index contributed by atoms with van der Waals surface area (Å²) in [4.78, 5) is 21.6. The molecule has 0 unspecified atom stereocenters. The molecule has 0 bridgehead atoms. The van der Waals surface area contributed by atoms with E-state index >= 15 is 0 Å². The van der Waals surface area contributed by atoms with Gasteiger partial charge in [-0.3, -0.25) is 10.1 Å². The van der Waals surface area contributed by atoms with E-state index < -0.39 is 10.9 Å². The van der Waals surface area contributed by atoms with Crippen LogP contribution in [0.5, 0.6) is 0 Å². The van der Waals surface area contributed by atoms with Crippen molar-refractivity contribution in [3.8, 4) is 10.4 Å². The van der Waals surface area contributed by atoms with Crippen LogP contribution in [0.25, 0.3) is 10.4 Å². The Kier molecular flexibility index (Phi) is 2.99. The Morgan fingerprint density at radius 3 is 2.67 bits per heavy atom. The predicted molar refractivity (Wildman–Crippen MR) is 67.8 cm³/mol. The highest BCUT2D eigenvalue weighted by Crippen LogP contribution is 2.34. The second kappa shape index (κ2) is 4.46. The number of hydrogen-bond acceptors (Lipinski definition) is 5. The molecule has 0 amide bonds. The maximum absolute atomic E-state index is 10.9. The fraction of sp³-hybridized carbons (Fsp3) is 0. The van der Waals surface area contributed by atoms with Crippen LogP contribution in [0.15, 0.2) is 30.3 Å². The highest BCUT2D eigenvalue weighted by atomic mass is 32.1. The van der Waals surface area contributed by atoms with Crippen molar-refractivity contribution >= 4 is 28.0 Å². The lowest BCUT2D eigenvalue weighted by Gasteiger charge is -1.96. The monoisotopic (exact) mass is 264 g/mol. The number of carbonyl (C=O) groups is 1. The van der Waals surface area contributed by atoms with Crippen molar-refractivity contribution in [2.45, 2.75) is 0 Å². The molecule has 0 aliphatic rings. The Morgan fingerprint density at radius 2 is 2.11 bits per heavy atom. The van der Waals surface area contributed by atoms with E-state index in [0.29, 0.717) is 10.4 Å². The largest absolute Gasteiger partial charge is 0.478 e. The van der Waals surface area contributed by atoms with Crippen LogP contribution in [0, 0.1) is 10.1 Å². The molecule has 1 heterocycles. The lowest BCUT2D eigenvalue weighted by Crippen LogP contribution is -1.97. The number of nitro benzene ring substituents is 1. The van der Waals surface area contributed by atoms with Crippen LogP contribution in [-0.2, 0) is 0 Å². The van der Waals surface area contributed by atoms with Crippen LogP contribution in [0.1, 0.15) is 10.4 Å². The molecule has 0 radical (unpaired) electrons. The van der Waals surface area contributed by atoms with Gasteiger partial charge in [-0.15, -0.1) is 11.3 Å². The zero-order chi connectivity index (χ0) is 13.3. The number of nitrogens with two attached hydrogens (primary N) is 1. The van der Waals surface area contributed by atoms with Gasteiger partial charge in [-0.25, -0.2) is 4.79 Å². The number of nitro groups is 1. The second-order valence-corrected chi connectivity index (χ2v) is 4.58. The van der Waals surface area contributed by atoms with E-state index in [4.69, 9.17) is 10.8 Å². The molecule has 2 rings (SSSR count). The number of anilines is 1. The van der Waals surface area contributed by atoms with Gasteiger partial charge in [-0.1, -0.05) is 12.1 Å². The zero-order valence-electron chi connectivity index (χ0n) is 8.99. The van der Waals surface area contributed by atoms with Crippen molar-refractivity contribution in [3.63, 3.8) is 0 Å². The Hall–Kier alpha value is -2.41. The Labute approximate surface area is 105 Å². The van der Waals surface area contributed by atoms with Gasteiger partial charge in [0.1, 0.15) is 5.00 Å². The smallest absolute Gasteiger partial charge is 0.338 e. The molecule has 1 aromatic carbocycles. The Morgan fingerprint density at radius 1 is 1.39 bits per heavy atom. The van der Waals surface area contributed by atoms with E-state index in [0.717, 1.165) is 11.3 Å². The number of carboxylic acids is 1. The number of hydrogen-bond donors (Lipinski definition) is 2. The number of carboxylic acid groups (broad SMARTS) is 1. The standard InChI is InChI=1S/C11H8N2O4S/c12-10-8(11(14)15)5-9(18-10)6-2-1-3-7(4-6)13(16)17/h1-5H,12H2,(H,14,15). The first kappa shape index (κ1) is 12.1. The molecule has 2 aromatic rings. The maximum atomic E-state index is 10.9. The highest BCUT2D eigenvalue weighted by Gasteiger charge is 2.15. The fourth-order valence-corrected chi connectivity index (χ4v) is 2.40. The third-order valence-electron chi connectivity index (χ3n) is 2.33. The van der Waals surface area contributed by atoms with Gasteiger partial charge in [0.05, 0.1) is 10.5 Å². The molecule has 0 atom stereocenters. The molecule has 6 nitrogen and oxygen atoms in total. The lowest BCUT2D eigenvalue weighted by atomic mass is 10.1. The van der Waals surface area contributed by atoms with Gasteiger partial charge < -0.3 is 10.8 Å². The van der Waals surface area contributed by atoms with Gasteiger partial charge in [-0.05, 0) is 11.6 Å². The van der Waals surface area contributed by atoms with Gasteiger partial charge in [0.2, 0.25) is 0 Å². The summed E-state index contributed by atoms with van der Waals surface area (Å²) in [5.41, 5.74) is 6.13. The van der Waals surface area contributed by atoms with E-state index in [1.165, 1.54) is 18.2 Å². The minimum absolute atomic E-state index is 0.0153. The van der Waals surface area contributed by atoms with Crippen LogP contribution in [0.3, 0.4) is 0 Å². The van der Waals surface area contributed by atoms with Crippen LogP contribution in [0.4, 0.5) is 10.7 Å². The number of nitrogens with zero attached hydrogens (tertiary/aromatic N) is 1. The molecule has 0 aliphatic heterocycles. The van der Waals surface area contributed by atoms with Crippen LogP contribution >= 0.6 is 11.3 Å². The second-order valence-electron chi connectivity index (χ2n) is 3.50. The van der Waals surface area contributed by atoms with Gasteiger partial charge in [0.15, 0.2) is 0 Å². The summed E-state index contributed by atoms with van der Waals surface area (Å²) in [5, 5.41) is 19.7. The lowest BCUT2D eigenvalue weighted by molar-refractivity contribution is -0.384. The molecule has 1 aromatic heterocycles. The number of benzene rings is 1. The SMILES string of the molecule is Nc1sc(-c2cccc([N+](=O)[O-])c2)cc1C(=O)O. The summed E-state index contributed by atoms with van der Waals surface area (Å²) < 4.78 is 0. The van der Waals surface area contributed by atoms with Crippen LogP contribution < -0.4 is 5.73 Å². The van der Waals surface area contributed by atoms with Crippen molar-refractivity contribution in [2.75, 3.05) is 5.73 Å². The number of rotatable bonds is 3. The average molecular weight is 264 g/mol. The molecule has 0 saturated heterocycles. The predicted octanol–water partition coefficient (Wildman–Crippen LogP) is 2.60. The summed E-state index contributed by atoms with van der Waals surface area (Å²) in [7, 11) is 0. The molecule has 7 heteroatoms. The number of aromatic carboxylic acids is 1. The first-order valence-corrected chi connectivity index (χ1v) is 5.68. The molecule has 92 valence electrons. The summed E-state index contributed by atoms with van der Waals surface area (Å²) in [6, 6.07) is 7.39. The highest BCUT2D eigenvalue weighted by molar-refractivity contribution is 7.19. The topological polar surface area (TPSA) is 106 Å². The molecule has 0 aliphatic carbocycles. The van der Waals surface area contributed by atoms with Crippen molar-refractivity contribution in [1.82, 2.24) is 0 Å². The first-order valence-electron chi connectivity index (χ1n) is 4.86. The van der Waals surface area contributed by atoms with E-state index in [-0.39, 0.29) is 16.3 Å². The van der Waals surface area contributed by atoms with Gasteiger partial charge in [-0.2, -0.15) is 0 Å². The van der Waals surface area contributed by atoms with Crippen LogP contribution in [0.2, 0.25) is 0 Å². The number of nitrogen functional groups attached to an aromatic ring is 1. The number of non-ortho nitro benzene ring substituents is 1. The van der Waals surface area contributed by atoms with E-state index in [9.17, 15) is 14.9 Å². The Balaban J connectivity index is 2.49. The van der Waals surface area contributed by atoms with Crippen molar-refractivity contribution in [2.24, 2.45) is 0 Å². The summed E-state index contributed by atoms with van der Waals surface area (Å²) in [6.07, 6.45) is 0. The molecule has 18 heavy (non-hydrogen) atoms. The maximum Gasteiger partial charge on any atom is 0.338 e. The third kappa shape index (κ3) is 2.16. The minimum atomic E-state index is -1.11. The van der Waals surface area contributed by atoms with Crippen molar-refractivity contribution < 1.29 is 14.8 Å². The summed E-state index contributed by atoms with van der Waals surface area (Å²) in [5.74, 6) is -1.11. The molecule has 0 saturated carbocycles. The summed E-state index contributed by atoms with van der Waals surface area (Å²) >= 11 is 1.09. The first-order chi connectivity index (χ1) is 8.49. The van der Waals surface area contributed by atoms with Gasteiger partial charge in [0, 0.05) is 17.0 Å². The van der Waals surface area contributed by atoms with Crippen LogP contribution in [-0.4, -0.2) is 16.0 Å². The molecular formula is C11H8N2O4S. The van der Waals surface area contributed by atoms with Crippen molar-refractivity contribution in [1.29, 1.82) is 0 Å². The van der Waals surface area contributed by atoms with Gasteiger partial charge in [0.25, 0.3) is 5.69 Å².